The van der Waals surface area contributed by atoms with Gasteiger partial charge in [-0.15, -0.1) is 37.2 Å². The molecule has 4 heterocycles. The number of nitrogens with zero attached hydrogens (tertiary/aromatic N) is 6. The smallest absolute Gasteiger partial charge is 0.246 e. The number of carbonyl (C=O) groups is 1. The molecule has 1 saturated heterocycles. The van der Waals surface area contributed by atoms with Crippen LogP contribution in [-0.2, 0) is 11.8 Å². The maximum atomic E-state index is 13.0. The topological polar surface area (TPSA) is 67.2 Å². The SMILES string of the molecule is Cl.Cl.Cl.Cn1c(-c2ccccc2)c(C=CC(=O)N2CCN(c3cnccn3)CC2)c2cccnc21. The molecular formula is C25H27Cl3N6O. The normalized spacial score (nSPS) is 13.2. The summed E-state index contributed by atoms with van der Waals surface area (Å²) in [6.07, 6.45) is 10.5. The summed E-state index contributed by atoms with van der Waals surface area (Å²) in [5.74, 6) is 0.870. The zero-order chi connectivity index (χ0) is 21.9. The minimum absolute atomic E-state index is 0. The fourth-order valence-corrected chi connectivity index (χ4v) is 4.27. The molecule has 0 saturated carbocycles. The second kappa shape index (κ2) is 12.5. The second-order valence-corrected chi connectivity index (χ2v) is 7.77. The molecule has 1 aliphatic heterocycles. The van der Waals surface area contributed by atoms with Gasteiger partial charge in [-0.2, -0.15) is 0 Å². The third kappa shape index (κ3) is 5.75. The van der Waals surface area contributed by atoms with Gasteiger partial charge in [-0.25, -0.2) is 9.97 Å². The van der Waals surface area contributed by atoms with E-state index in [4.69, 9.17) is 0 Å². The Bertz CT molecular complexity index is 1270. The lowest BCUT2D eigenvalue weighted by Gasteiger charge is -2.34. The van der Waals surface area contributed by atoms with Crippen molar-refractivity contribution < 1.29 is 4.79 Å². The van der Waals surface area contributed by atoms with Gasteiger partial charge < -0.3 is 14.4 Å². The second-order valence-electron chi connectivity index (χ2n) is 7.77. The van der Waals surface area contributed by atoms with Crippen LogP contribution in [0.3, 0.4) is 0 Å². The number of benzene rings is 1. The molecule has 3 aromatic heterocycles. The highest BCUT2D eigenvalue weighted by Gasteiger charge is 2.21. The molecule has 0 atom stereocenters. The molecule has 7 nitrogen and oxygen atoms in total. The maximum absolute atomic E-state index is 13.0. The van der Waals surface area contributed by atoms with Crippen molar-refractivity contribution in [2.45, 2.75) is 0 Å². The molecule has 5 rings (SSSR count). The Morgan fingerprint density at radius 1 is 0.886 bits per heavy atom. The largest absolute Gasteiger partial charge is 0.352 e. The number of fused-ring (bicyclic) bond motifs is 1. The van der Waals surface area contributed by atoms with Crippen LogP contribution in [0.2, 0.25) is 0 Å². The van der Waals surface area contributed by atoms with Gasteiger partial charge in [0.15, 0.2) is 0 Å². The fourth-order valence-electron chi connectivity index (χ4n) is 4.27. The maximum Gasteiger partial charge on any atom is 0.246 e. The van der Waals surface area contributed by atoms with Crippen LogP contribution < -0.4 is 4.90 Å². The number of hydrogen-bond donors (Lipinski definition) is 0. The van der Waals surface area contributed by atoms with E-state index in [0.717, 1.165) is 46.8 Å². The van der Waals surface area contributed by atoms with Gasteiger partial charge in [0.2, 0.25) is 5.91 Å². The first-order chi connectivity index (χ1) is 15.7. The summed E-state index contributed by atoms with van der Waals surface area (Å²) in [6.45, 7) is 2.79. The van der Waals surface area contributed by atoms with Crippen LogP contribution in [0.15, 0.2) is 73.3 Å². The molecule has 0 N–H and O–H groups in total. The summed E-state index contributed by atoms with van der Waals surface area (Å²) in [5.41, 5.74) is 4.05. The highest BCUT2D eigenvalue weighted by Crippen LogP contribution is 2.33. The van der Waals surface area contributed by atoms with Crippen molar-refractivity contribution in [3.05, 3.63) is 78.9 Å². The van der Waals surface area contributed by atoms with Crippen LogP contribution in [0.1, 0.15) is 5.56 Å². The molecule has 35 heavy (non-hydrogen) atoms. The van der Waals surface area contributed by atoms with Crippen molar-refractivity contribution in [3.63, 3.8) is 0 Å². The van der Waals surface area contributed by atoms with Gasteiger partial charge >= 0.3 is 0 Å². The van der Waals surface area contributed by atoms with Gasteiger partial charge in [0.05, 0.1) is 11.9 Å². The monoisotopic (exact) mass is 532 g/mol. The number of amides is 1. The molecular weight excluding hydrogens is 507 g/mol. The van der Waals surface area contributed by atoms with Crippen molar-refractivity contribution >= 4 is 66.1 Å². The number of halogens is 3. The predicted molar refractivity (Wildman–Crippen MR) is 148 cm³/mol. The Hall–Kier alpha value is -3.13. The van der Waals surface area contributed by atoms with E-state index < -0.39 is 0 Å². The van der Waals surface area contributed by atoms with Gasteiger partial charge in [-0.1, -0.05) is 30.3 Å². The predicted octanol–water partition coefficient (Wildman–Crippen LogP) is 4.66. The van der Waals surface area contributed by atoms with E-state index in [1.165, 1.54) is 0 Å². The third-order valence-corrected chi connectivity index (χ3v) is 5.89. The molecule has 0 spiro atoms. The van der Waals surface area contributed by atoms with Crippen LogP contribution in [-0.4, -0.2) is 56.5 Å². The molecule has 1 fully saturated rings. The van der Waals surface area contributed by atoms with Gasteiger partial charge in [0.1, 0.15) is 11.5 Å². The lowest BCUT2D eigenvalue weighted by Crippen LogP contribution is -2.48. The summed E-state index contributed by atoms with van der Waals surface area (Å²) in [7, 11) is 2.02. The van der Waals surface area contributed by atoms with E-state index in [0.29, 0.717) is 13.1 Å². The van der Waals surface area contributed by atoms with E-state index >= 15 is 0 Å². The molecule has 0 radical (unpaired) electrons. The Balaban J connectivity index is 0.00000144. The van der Waals surface area contributed by atoms with Gasteiger partial charge in [-0.3, -0.25) is 9.78 Å². The fraction of sp³-hybridized carbons (Fsp3) is 0.200. The summed E-state index contributed by atoms with van der Waals surface area (Å²) < 4.78 is 2.09. The number of hydrogen-bond acceptors (Lipinski definition) is 5. The minimum atomic E-state index is 0. The zero-order valence-electron chi connectivity index (χ0n) is 19.2. The van der Waals surface area contributed by atoms with Crippen molar-refractivity contribution in [1.82, 2.24) is 24.4 Å². The van der Waals surface area contributed by atoms with Crippen LogP contribution in [0, 0.1) is 0 Å². The molecule has 0 aliphatic carbocycles. The molecule has 1 aliphatic rings. The highest BCUT2D eigenvalue weighted by molar-refractivity contribution is 6.00. The quantitative estimate of drug-likeness (QED) is 0.357. The first-order valence-corrected chi connectivity index (χ1v) is 10.7. The van der Waals surface area contributed by atoms with E-state index in [-0.39, 0.29) is 43.1 Å². The standard InChI is InChI=1S/C25H24N6O.3ClH/c1-29-24(19-6-3-2-4-7-19)20(21-8-5-11-28-25(21)29)9-10-23(32)31-16-14-30(15-17-31)22-18-26-12-13-27-22;;;/h2-13,18H,14-17H2,1H3;3*1H. The van der Waals surface area contributed by atoms with Gasteiger partial charge in [0.25, 0.3) is 0 Å². The number of anilines is 1. The summed E-state index contributed by atoms with van der Waals surface area (Å²) in [6, 6.07) is 14.2. The number of pyridine rings is 1. The molecule has 1 aromatic carbocycles. The summed E-state index contributed by atoms with van der Waals surface area (Å²) in [5, 5.41) is 1.03. The van der Waals surface area contributed by atoms with E-state index in [9.17, 15) is 4.79 Å². The lowest BCUT2D eigenvalue weighted by molar-refractivity contribution is -0.126. The molecule has 10 heteroatoms. The van der Waals surface area contributed by atoms with Crippen LogP contribution >= 0.6 is 37.2 Å². The number of carbonyl (C=O) groups excluding carboxylic acids is 1. The zero-order valence-corrected chi connectivity index (χ0v) is 21.6. The average molecular weight is 534 g/mol. The summed E-state index contributed by atoms with van der Waals surface area (Å²) >= 11 is 0. The highest BCUT2D eigenvalue weighted by atomic mass is 35.5. The Kier molecular flexibility index (Phi) is 10.1. The Labute approximate surface area is 223 Å². The van der Waals surface area contributed by atoms with Crippen molar-refractivity contribution in [2.75, 3.05) is 31.1 Å². The average Bonchev–Trinajstić information content (AvgIpc) is 3.15. The molecule has 4 aromatic rings. The van der Waals surface area contributed by atoms with Crippen molar-refractivity contribution in [3.8, 4) is 11.3 Å². The van der Waals surface area contributed by atoms with Crippen molar-refractivity contribution in [1.29, 1.82) is 0 Å². The van der Waals surface area contributed by atoms with Crippen LogP contribution in [0.25, 0.3) is 28.4 Å². The first kappa shape index (κ1) is 28.1. The molecule has 0 unspecified atom stereocenters. The van der Waals surface area contributed by atoms with Gasteiger partial charge in [-0.05, 0) is 23.8 Å². The van der Waals surface area contributed by atoms with Gasteiger partial charge in [0, 0.05) is 68.8 Å². The number of rotatable bonds is 4. The minimum Gasteiger partial charge on any atom is -0.352 e. The van der Waals surface area contributed by atoms with E-state index in [2.05, 4.69) is 42.6 Å². The first-order valence-electron chi connectivity index (χ1n) is 10.7. The number of aryl methyl sites for hydroxylation is 1. The number of piperazine rings is 1. The van der Waals surface area contributed by atoms with E-state index in [1.807, 2.05) is 42.3 Å². The molecule has 1 amide bonds. The van der Waals surface area contributed by atoms with Crippen molar-refractivity contribution in [2.24, 2.45) is 7.05 Å². The molecule has 184 valence electrons. The van der Waals surface area contributed by atoms with E-state index in [1.54, 1.807) is 30.9 Å². The number of aromatic nitrogens is 4. The lowest BCUT2D eigenvalue weighted by atomic mass is 10.1. The third-order valence-electron chi connectivity index (χ3n) is 5.89. The van der Waals surface area contributed by atoms with Crippen LogP contribution in [0.5, 0.6) is 0 Å². The Morgan fingerprint density at radius 3 is 2.31 bits per heavy atom. The Morgan fingerprint density at radius 2 is 1.63 bits per heavy atom. The summed E-state index contributed by atoms with van der Waals surface area (Å²) in [4.78, 5) is 30.1. The van der Waals surface area contributed by atoms with Crippen LogP contribution in [0.4, 0.5) is 5.82 Å². The molecule has 0 bridgehead atoms.